The van der Waals surface area contributed by atoms with Gasteiger partial charge in [-0.1, -0.05) is 11.6 Å². The van der Waals surface area contributed by atoms with Gasteiger partial charge < -0.3 is 4.74 Å². The van der Waals surface area contributed by atoms with Crippen molar-refractivity contribution in [1.82, 2.24) is 14.8 Å². The van der Waals surface area contributed by atoms with Crippen LogP contribution < -0.4 is 4.74 Å². The zero-order chi connectivity index (χ0) is 12.5. The van der Waals surface area contributed by atoms with E-state index in [1.165, 1.54) is 0 Å². The molecule has 0 amide bonds. The number of fused-ring (bicyclic) bond motifs is 1. The second kappa shape index (κ2) is 4.31. The van der Waals surface area contributed by atoms with Gasteiger partial charge in [0.25, 0.3) is 0 Å². The number of benzene rings is 1. The van der Waals surface area contributed by atoms with Gasteiger partial charge in [0, 0.05) is 11.6 Å². The van der Waals surface area contributed by atoms with Crippen LogP contribution in [0.1, 0.15) is 0 Å². The number of nitrogens with zero attached hydrogens (tertiary/aromatic N) is 3. The standard InChI is InChI=1S/C13H10ClN3O/c1-18-12-5-4-11(14)10-8-16-17(13(10)12)9-3-2-6-15-7-9/h2-8H,1H3. The minimum atomic E-state index is 0.654. The molecule has 5 heteroatoms. The number of hydrogen-bond donors (Lipinski definition) is 0. The van der Waals surface area contributed by atoms with E-state index in [2.05, 4.69) is 10.1 Å². The zero-order valence-corrected chi connectivity index (χ0v) is 10.4. The second-order valence-corrected chi connectivity index (χ2v) is 4.19. The van der Waals surface area contributed by atoms with Crippen molar-refractivity contribution < 1.29 is 4.74 Å². The minimum Gasteiger partial charge on any atom is -0.494 e. The Labute approximate surface area is 109 Å². The lowest BCUT2D eigenvalue weighted by molar-refractivity contribution is 0.418. The highest BCUT2D eigenvalue weighted by molar-refractivity contribution is 6.35. The lowest BCUT2D eigenvalue weighted by atomic mass is 10.2. The average Bonchev–Trinajstić information content (AvgIpc) is 2.86. The van der Waals surface area contributed by atoms with Gasteiger partial charge >= 0.3 is 0 Å². The van der Waals surface area contributed by atoms with Gasteiger partial charge in [0.1, 0.15) is 11.3 Å². The molecule has 0 saturated heterocycles. The molecule has 0 fully saturated rings. The van der Waals surface area contributed by atoms with Crippen molar-refractivity contribution in [2.45, 2.75) is 0 Å². The fourth-order valence-corrected chi connectivity index (χ4v) is 2.12. The van der Waals surface area contributed by atoms with Crippen LogP contribution in [0.3, 0.4) is 0 Å². The first-order valence-electron chi connectivity index (χ1n) is 5.42. The molecule has 3 aromatic rings. The first-order chi connectivity index (χ1) is 8.81. The Hall–Kier alpha value is -2.07. The van der Waals surface area contributed by atoms with E-state index in [4.69, 9.17) is 16.3 Å². The highest BCUT2D eigenvalue weighted by atomic mass is 35.5. The number of rotatable bonds is 2. The van der Waals surface area contributed by atoms with Gasteiger partial charge in [0.15, 0.2) is 0 Å². The SMILES string of the molecule is COc1ccc(Cl)c2cnn(-c3cccnc3)c12. The molecule has 0 aliphatic carbocycles. The van der Waals surface area contributed by atoms with Crippen molar-refractivity contribution in [2.75, 3.05) is 7.11 Å². The summed E-state index contributed by atoms with van der Waals surface area (Å²) in [5.74, 6) is 0.732. The van der Waals surface area contributed by atoms with Crippen LogP contribution in [-0.2, 0) is 0 Å². The largest absolute Gasteiger partial charge is 0.494 e. The molecule has 0 saturated carbocycles. The van der Waals surface area contributed by atoms with Gasteiger partial charge in [0.05, 0.1) is 30.2 Å². The summed E-state index contributed by atoms with van der Waals surface area (Å²) in [7, 11) is 1.63. The summed E-state index contributed by atoms with van der Waals surface area (Å²) < 4.78 is 7.13. The molecule has 0 bridgehead atoms. The first kappa shape index (κ1) is 11.0. The average molecular weight is 260 g/mol. The van der Waals surface area contributed by atoms with Crippen molar-refractivity contribution in [1.29, 1.82) is 0 Å². The van der Waals surface area contributed by atoms with Crippen LogP contribution in [0.5, 0.6) is 5.75 Å². The lowest BCUT2D eigenvalue weighted by Gasteiger charge is -2.07. The molecule has 0 N–H and O–H groups in total. The number of methoxy groups -OCH3 is 1. The minimum absolute atomic E-state index is 0.654. The molecular formula is C13H10ClN3O. The molecule has 1 aromatic carbocycles. The normalized spacial score (nSPS) is 10.8. The number of pyridine rings is 1. The van der Waals surface area contributed by atoms with E-state index in [0.717, 1.165) is 22.3 Å². The van der Waals surface area contributed by atoms with Crippen LogP contribution in [0.4, 0.5) is 0 Å². The van der Waals surface area contributed by atoms with Gasteiger partial charge in [-0.2, -0.15) is 5.10 Å². The zero-order valence-electron chi connectivity index (χ0n) is 9.67. The van der Waals surface area contributed by atoms with E-state index < -0.39 is 0 Å². The molecule has 0 radical (unpaired) electrons. The topological polar surface area (TPSA) is 39.9 Å². The van der Waals surface area contributed by atoms with E-state index in [-0.39, 0.29) is 0 Å². The van der Waals surface area contributed by atoms with E-state index in [9.17, 15) is 0 Å². The quantitative estimate of drug-likeness (QED) is 0.710. The fraction of sp³-hybridized carbons (Fsp3) is 0.0769. The number of halogens is 1. The summed E-state index contributed by atoms with van der Waals surface area (Å²) >= 11 is 6.16. The lowest BCUT2D eigenvalue weighted by Crippen LogP contribution is -1.98. The van der Waals surface area contributed by atoms with Crippen LogP contribution in [0, 0.1) is 0 Å². The van der Waals surface area contributed by atoms with Crippen LogP contribution in [-0.4, -0.2) is 21.9 Å². The Kier molecular flexibility index (Phi) is 2.64. The molecule has 18 heavy (non-hydrogen) atoms. The predicted molar refractivity (Wildman–Crippen MR) is 70.4 cm³/mol. The Bertz CT molecular complexity index is 694. The number of aromatic nitrogens is 3. The Morgan fingerprint density at radius 2 is 2.11 bits per heavy atom. The van der Waals surface area contributed by atoms with Crippen molar-refractivity contribution in [3.8, 4) is 11.4 Å². The molecule has 3 rings (SSSR count). The highest BCUT2D eigenvalue weighted by Crippen LogP contribution is 2.32. The van der Waals surface area contributed by atoms with E-state index >= 15 is 0 Å². The molecule has 90 valence electrons. The summed E-state index contributed by atoms with van der Waals surface area (Å²) in [6, 6.07) is 7.43. The van der Waals surface area contributed by atoms with Crippen LogP contribution >= 0.6 is 11.6 Å². The summed E-state index contributed by atoms with van der Waals surface area (Å²) in [5.41, 5.74) is 1.71. The third-order valence-electron chi connectivity index (χ3n) is 2.75. The first-order valence-corrected chi connectivity index (χ1v) is 5.79. The molecule has 2 aromatic heterocycles. The van der Waals surface area contributed by atoms with E-state index in [1.54, 1.807) is 36.4 Å². The summed E-state index contributed by atoms with van der Waals surface area (Å²) in [6.45, 7) is 0. The van der Waals surface area contributed by atoms with Crippen molar-refractivity contribution in [2.24, 2.45) is 0 Å². The summed E-state index contributed by atoms with van der Waals surface area (Å²) in [4.78, 5) is 4.09. The number of hydrogen-bond acceptors (Lipinski definition) is 3. The molecule has 2 heterocycles. The Balaban J connectivity index is 2.35. The third-order valence-corrected chi connectivity index (χ3v) is 3.08. The van der Waals surface area contributed by atoms with E-state index in [0.29, 0.717) is 5.02 Å². The molecule has 0 spiro atoms. The maximum atomic E-state index is 6.16. The maximum Gasteiger partial charge on any atom is 0.145 e. The molecular weight excluding hydrogens is 250 g/mol. The smallest absolute Gasteiger partial charge is 0.145 e. The predicted octanol–water partition coefficient (Wildman–Crippen LogP) is 3.08. The van der Waals surface area contributed by atoms with Gasteiger partial charge in [-0.3, -0.25) is 4.98 Å². The maximum absolute atomic E-state index is 6.16. The van der Waals surface area contributed by atoms with Crippen molar-refractivity contribution in [3.05, 3.63) is 47.9 Å². The van der Waals surface area contributed by atoms with Gasteiger partial charge in [0.2, 0.25) is 0 Å². The third kappa shape index (κ3) is 1.62. The molecule has 0 aliphatic heterocycles. The van der Waals surface area contributed by atoms with Crippen molar-refractivity contribution >= 4 is 22.5 Å². The Morgan fingerprint density at radius 1 is 1.22 bits per heavy atom. The highest BCUT2D eigenvalue weighted by Gasteiger charge is 2.12. The summed E-state index contributed by atoms with van der Waals surface area (Å²) in [5, 5.41) is 5.86. The van der Waals surface area contributed by atoms with Gasteiger partial charge in [-0.15, -0.1) is 0 Å². The summed E-state index contributed by atoms with van der Waals surface area (Å²) in [6.07, 6.45) is 5.19. The monoisotopic (exact) mass is 259 g/mol. The van der Waals surface area contributed by atoms with Gasteiger partial charge in [-0.25, -0.2) is 4.68 Å². The van der Waals surface area contributed by atoms with Crippen LogP contribution in [0.25, 0.3) is 16.6 Å². The fourth-order valence-electron chi connectivity index (χ4n) is 1.92. The molecule has 0 unspecified atom stereocenters. The van der Waals surface area contributed by atoms with Crippen LogP contribution in [0.2, 0.25) is 5.02 Å². The second-order valence-electron chi connectivity index (χ2n) is 3.78. The molecule has 0 aliphatic rings. The van der Waals surface area contributed by atoms with E-state index in [1.807, 2.05) is 18.2 Å². The van der Waals surface area contributed by atoms with Crippen molar-refractivity contribution in [3.63, 3.8) is 0 Å². The van der Waals surface area contributed by atoms with Crippen LogP contribution in [0.15, 0.2) is 42.9 Å². The Morgan fingerprint density at radius 3 is 2.83 bits per heavy atom. The number of ether oxygens (including phenoxy) is 1. The molecule has 4 nitrogen and oxygen atoms in total. The molecule has 0 atom stereocenters. The van der Waals surface area contributed by atoms with Gasteiger partial charge in [-0.05, 0) is 24.3 Å².